The first kappa shape index (κ1) is 14.2. The van der Waals surface area contributed by atoms with Gasteiger partial charge in [0.2, 0.25) is 5.91 Å². The first-order valence-electron chi connectivity index (χ1n) is 6.59. The minimum Gasteiger partial charge on any atom is -0.326 e. The molecule has 1 aromatic carbocycles. The molecule has 0 radical (unpaired) electrons. The van der Waals surface area contributed by atoms with Gasteiger partial charge in [-0.05, 0) is 48.7 Å². The lowest BCUT2D eigenvalue weighted by Crippen LogP contribution is -2.15. The standard InChI is InChI=1S/C16H19N3O/c1-11-5-14(9-17)7-15(6-11)19-16(20)8-13-4-3-12(2)18-10-13/h3-7,10H,8-9,17H2,1-2H3,(H,19,20). The largest absolute Gasteiger partial charge is 0.326 e. The van der Waals surface area contributed by atoms with Crippen LogP contribution in [-0.4, -0.2) is 10.9 Å². The Morgan fingerprint density at radius 3 is 2.65 bits per heavy atom. The fourth-order valence-corrected chi connectivity index (χ4v) is 2.05. The van der Waals surface area contributed by atoms with Crippen molar-refractivity contribution in [2.24, 2.45) is 5.73 Å². The number of hydrogen-bond donors (Lipinski definition) is 2. The van der Waals surface area contributed by atoms with Crippen molar-refractivity contribution in [3.8, 4) is 0 Å². The molecule has 20 heavy (non-hydrogen) atoms. The van der Waals surface area contributed by atoms with E-state index < -0.39 is 0 Å². The summed E-state index contributed by atoms with van der Waals surface area (Å²) in [5.74, 6) is -0.0516. The molecule has 4 heteroatoms. The maximum absolute atomic E-state index is 12.0. The third-order valence-corrected chi connectivity index (χ3v) is 2.99. The minimum atomic E-state index is -0.0516. The van der Waals surface area contributed by atoms with E-state index in [4.69, 9.17) is 5.73 Å². The van der Waals surface area contributed by atoms with E-state index in [0.29, 0.717) is 13.0 Å². The Morgan fingerprint density at radius 1 is 1.20 bits per heavy atom. The Morgan fingerprint density at radius 2 is 2.00 bits per heavy atom. The first-order chi connectivity index (χ1) is 9.56. The van der Waals surface area contributed by atoms with E-state index >= 15 is 0 Å². The van der Waals surface area contributed by atoms with Gasteiger partial charge in [0.15, 0.2) is 0 Å². The summed E-state index contributed by atoms with van der Waals surface area (Å²) in [5.41, 5.74) is 10.4. The number of nitrogens with zero attached hydrogens (tertiary/aromatic N) is 1. The van der Waals surface area contributed by atoms with Crippen LogP contribution in [0.4, 0.5) is 5.69 Å². The van der Waals surface area contributed by atoms with E-state index in [9.17, 15) is 4.79 Å². The predicted molar refractivity (Wildman–Crippen MR) is 80.4 cm³/mol. The van der Waals surface area contributed by atoms with Crippen molar-refractivity contribution in [3.05, 3.63) is 58.9 Å². The van der Waals surface area contributed by atoms with E-state index in [1.165, 1.54) is 0 Å². The number of carbonyl (C=O) groups is 1. The molecule has 0 atom stereocenters. The topological polar surface area (TPSA) is 68.0 Å². The quantitative estimate of drug-likeness (QED) is 0.895. The van der Waals surface area contributed by atoms with Gasteiger partial charge in [0, 0.05) is 24.1 Å². The maximum Gasteiger partial charge on any atom is 0.228 e. The molecule has 0 aliphatic carbocycles. The van der Waals surface area contributed by atoms with Crippen LogP contribution in [0.1, 0.15) is 22.4 Å². The van der Waals surface area contributed by atoms with Crippen molar-refractivity contribution in [1.29, 1.82) is 0 Å². The number of benzene rings is 1. The van der Waals surface area contributed by atoms with Gasteiger partial charge in [-0.3, -0.25) is 9.78 Å². The third kappa shape index (κ3) is 3.90. The van der Waals surface area contributed by atoms with Crippen LogP contribution in [-0.2, 0) is 17.8 Å². The van der Waals surface area contributed by atoms with Crippen LogP contribution in [0.2, 0.25) is 0 Å². The molecule has 0 spiro atoms. The van der Waals surface area contributed by atoms with Crippen LogP contribution in [0.3, 0.4) is 0 Å². The van der Waals surface area contributed by atoms with E-state index in [1.807, 2.05) is 44.2 Å². The molecule has 0 aliphatic heterocycles. The highest BCUT2D eigenvalue weighted by Crippen LogP contribution is 2.14. The Labute approximate surface area is 119 Å². The second-order valence-electron chi connectivity index (χ2n) is 4.94. The van der Waals surface area contributed by atoms with Crippen LogP contribution in [0.25, 0.3) is 0 Å². The van der Waals surface area contributed by atoms with E-state index in [0.717, 1.165) is 28.1 Å². The van der Waals surface area contributed by atoms with Gasteiger partial charge in [0.1, 0.15) is 0 Å². The smallest absolute Gasteiger partial charge is 0.228 e. The lowest BCUT2D eigenvalue weighted by Gasteiger charge is -2.08. The third-order valence-electron chi connectivity index (χ3n) is 2.99. The number of rotatable bonds is 4. The van der Waals surface area contributed by atoms with Gasteiger partial charge in [0.25, 0.3) is 0 Å². The van der Waals surface area contributed by atoms with Crippen molar-refractivity contribution in [1.82, 2.24) is 4.98 Å². The van der Waals surface area contributed by atoms with Gasteiger partial charge >= 0.3 is 0 Å². The molecule has 3 N–H and O–H groups in total. The average Bonchev–Trinajstić information content (AvgIpc) is 2.40. The summed E-state index contributed by atoms with van der Waals surface area (Å²) in [5, 5.41) is 2.90. The number of aryl methyl sites for hydroxylation is 2. The molecule has 0 unspecified atom stereocenters. The number of carbonyl (C=O) groups excluding carboxylic acids is 1. The number of anilines is 1. The summed E-state index contributed by atoms with van der Waals surface area (Å²) < 4.78 is 0. The first-order valence-corrected chi connectivity index (χ1v) is 6.59. The summed E-state index contributed by atoms with van der Waals surface area (Å²) in [6.45, 7) is 4.37. The number of pyridine rings is 1. The maximum atomic E-state index is 12.0. The number of nitrogens with two attached hydrogens (primary N) is 1. The number of hydrogen-bond acceptors (Lipinski definition) is 3. The van der Waals surface area contributed by atoms with Gasteiger partial charge in [-0.25, -0.2) is 0 Å². The molecule has 1 amide bonds. The fraction of sp³-hybridized carbons (Fsp3) is 0.250. The molecule has 0 saturated carbocycles. The predicted octanol–water partition coefficient (Wildman–Crippen LogP) is 2.34. The average molecular weight is 269 g/mol. The summed E-state index contributed by atoms with van der Waals surface area (Å²) in [6.07, 6.45) is 2.05. The van der Waals surface area contributed by atoms with Crippen molar-refractivity contribution in [3.63, 3.8) is 0 Å². The summed E-state index contributed by atoms with van der Waals surface area (Å²) in [6, 6.07) is 9.67. The van der Waals surface area contributed by atoms with Gasteiger partial charge in [0.05, 0.1) is 6.42 Å². The molecule has 0 aliphatic rings. The molecule has 4 nitrogen and oxygen atoms in total. The summed E-state index contributed by atoms with van der Waals surface area (Å²) in [7, 11) is 0. The van der Waals surface area contributed by atoms with Crippen molar-refractivity contribution in [2.75, 3.05) is 5.32 Å². The zero-order valence-electron chi connectivity index (χ0n) is 11.8. The van der Waals surface area contributed by atoms with Crippen LogP contribution >= 0.6 is 0 Å². The molecule has 0 saturated heterocycles. The molecule has 2 rings (SSSR count). The lowest BCUT2D eigenvalue weighted by molar-refractivity contribution is -0.115. The van der Waals surface area contributed by atoms with E-state index in [1.54, 1.807) is 6.20 Å². The molecule has 2 aromatic rings. The number of aromatic nitrogens is 1. The van der Waals surface area contributed by atoms with Crippen molar-refractivity contribution < 1.29 is 4.79 Å². The van der Waals surface area contributed by atoms with E-state index in [2.05, 4.69) is 10.3 Å². The number of nitrogens with one attached hydrogen (secondary N) is 1. The van der Waals surface area contributed by atoms with Crippen LogP contribution in [0, 0.1) is 13.8 Å². The number of amides is 1. The fourth-order valence-electron chi connectivity index (χ4n) is 2.05. The van der Waals surface area contributed by atoms with Gasteiger partial charge in [-0.15, -0.1) is 0 Å². The monoisotopic (exact) mass is 269 g/mol. The zero-order chi connectivity index (χ0) is 14.5. The minimum absolute atomic E-state index is 0.0516. The molecule has 104 valence electrons. The SMILES string of the molecule is Cc1cc(CN)cc(NC(=O)Cc2ccc(C)nc2)c1. The van der Waals surface area contributed by atoms with Crippen molar-refractivity contribution in [2.45, 2.75) is 26.8 Å². The van der Waals surface area contributed by atoms with Gasteiger partial charge in [-0.2, -0.15) is 0 Å². The second kappa shape index (κ2) is 6.30. The Kier molecular flexibility index (Phi) is 4.48. The molecule has 0 bridgehead atoms. The molecule has 1 heterocycles. The van der Waals surface area contributed by atoms with Crippen LogP contribution < -0.4 is 11.1 Å². The highest BCUT2D eigenvalue weighted by molar-refractivity contribution is 5.92. The summed E-state index contributed by atoms with van der Waals surface area (Å²) in [4.78, 5) is 16.2. The molecular weight excluding hydrogens is 250 g/mol. The Bertz CT molecular complexity index is 606. The van der Waals surface area contributed by atoms with Gasteiger partial charge in [-0.1, -0.05) is 12.1 Å². The molecule has 0 fully saturated rings. The molecule has 1 aromatic heterocycles. The van der Waals surface area contributed by atoms with Crippen molar-refractivity contribution >= 4 is 11.6 Å². The van der Waals surface area contributed by atoms with Crippen LogP contribution in [0.5, 0.6) is 0 Å². The van der Waals surface area contributed by atoms with Gasteiger partial charge < -0.3 is 11.1 Å². The van der Waals surface area contributed by atoms with Crippen LogP contribution in [0.15, 0.2) is 36.5 Å². The molecular formula is C16H19N3O. The Balaban J connectivity index is 2.04. The lowest BCUT2D eigenvalue weighted by atomic mass is 10.1. The highest BCUT2D eigenvalue weighted by Gasteiger charge is 2.05. The second-order valence-corrected chi connectivity index (χ2v) is 4.94. The Hall–Kier alpha value is -2.20. The summed E-state index contributed by atoms with van der Waals surface area (Å²) >= 11 is 0. The normalized spacial score (nSPS) is 10.3. The van der Waals surface area contributed by atoms with E-state index in [-0.39, 0.29) is 5.91 Å². The highest BCUT2D eigenvalue weighted by atomic mass is 16.1. The zero-order valence-corrected chi connectivity index (χ0v) is 11.8.